The monoisotopic (exact) mass is 166 g/mol. The SMILES string of the molecule is CC(Cc1cc(N)on1)C1CC1. The van der Waals surface area contributed by atoms with Crippen LogP contribution in [0, 0.1) is 11.8 Å². The minimum absolute atomic E-state index is 0.424. The van der Waals surface area contributed by atoms with Crippen LogP contribution in [-0.2, 0) is 6.42 Å². The minimum atomic E-state index is 0.424. The van der Waals surface area contributed by atoms with Crippen LogP contribution in [0.3, 0.4) is 0 Å². The number of nitrogens with two attached hydrogens (primary N) is 1. The zero-order valence-electron chi connectivity index (χ0n) is 7.29. The lowest BCUT2D eigenvalue weighted by molar-refractivity contribution is 0.413. The maximum absolute atomic E-state index is 5.42. The van der Waals surface area contributed by atoms with Crippen LogP contribution >= 0.6 is 0 Å². The Bertz CT molecular complexity index is 265. The molecule has 3 nitrogen and oxygen atoms in total. The molecule has 0 spiro atoms. The zero-order valence-corrected chi connectivity index (χ0v) is 7.29. The van der Waals surface area contributed by atoms with Crippen molar-refractivity contribution >= 4 is 5.88 Å². The van der Waals surface area contributed by atoms with Crippen molar-refractivity contribution in [3.05, 3.63) is 11.8 Å². The topological polar surface area (TPSA) is 52.0 Å². The second-order valence-electron chi connectivity index (χ2n) is 3.74. The number of hydrogen-bond donors (Lipinski definition) is 1. The Balaban J connectivity index is 1.93. The third-order valence-electron chi connectivity index (χ3n) is 2.54. The fourth-order valence-electron chi connectivity index (χ4n) is 1.59. The quantitative estimate of drug-likeness (QED) is 0.745. The molecule has 1 saturated carbocycles. The maximum atomic E-state index is 5.42. The Hall–Kier alpha value is -0.990. The van der Waals surface area contributed by atoms with Gasteiger partial charge < -0.3 is 10.3 Å². The Kier molecular flexibility index (Phi) is 1.79. The van der Waals surface area contributed by atoms with Gasteiger partial charge in [0.25, 0.3) is 0 Å². The normalized spacial score (nSPS) is 19.4. The summed E-state index contributed by atoms with van der Waals surface area (Å²) in [5.41, 5.74) is 6.41. The van der Waals surface area contributed by atoms with Crippen LogP contribution < -0.4 is 5.73 Å². The van der Waals surface area contributed by atoms with Gasteiger partial charge in [0.1, 0.15) is 0 Å². The third-order valence-corrected chi connectivity index (χ3v) is 2.54. The highest BCUT2D eigenvalue weighted by Gasteiger charge is 2.28. The standard InChI is InChI=1S/C9H14N2O/c1-6(7-2-3-7)4-8-5-9(10)12-11-8/h5-7H,2-4,10H2,1H3. The number of nitrogens with zero attached hydrogens (tertiary/aromatic N) is 1. The van der Waals surface area contributed by atoms with Crippen molar-refractivity contribution in [1.29, 1.82) is 0 Å². The fraction of sp³-hybridized carbons (Fsp3) is 0.667. The van der Waals surface area contributed by atoms with Crippen LogP contribution in [0.25, 0.3) is 0 Å². The van der Waals surface area contributed by atoms with Gasteiger partial charge in [-0.05, 0) is 31.1 Å². The minimum Gasteiger partial charge on any atom is -0.368 e. The van der Waals surface area contributed by atoms with Crippen LogP contribution in [0.2, 0.25) is 0 Å². The Labute approximate surface area is 71.9 Å². The molecule has 0 amide bonds. The smallest absolute Gasteiger partial charge is 0.222 e. The van der Waals surface area contributed by atoms with E-state index in [-0.39, 0.29) is 0 Å². The van der Waals surface area contributed by atoms with E-state index < -0.39 is 0 Å². The summed E-state index contributed by atoms with van der Waals surface area (Å²) in [5.74, 6) is 2.07. The number of aromatic nitrogens is 1. The largest absolute Gasteiger partial charge is 0.368 e. The van der Waals surface area contributed by atoms with E-state index in [0.717, 1.165) is 24.0 Å². The molecule has 1 unspecified atom stereocenters. The van der Waals surface area contributed by atoms with E-state index in [0.29, 0.717) is 5.88 Å². The average Bonchev–Trinajstić information content (AvgIpc) is 2.78. The molecule has 2 N–H and O–H groups in total. The van der Waals surface area contributed by atoms with Gasteiger partial charge in [-0.15, -0.1) is 0 Å². The molecule has 1 aromatic rings. The second-order valence-corrected chi connectivity index (χ2v) is 3.74. The van der Waals surface area contributed by atoms with Crippen molar-refractivity contribution in [3.8, 4) is 0 Å². The first-order valence-electron chi connectivity index (χ1n) is 4.47. The second kappa shape index (κ2) is 2.81. The summed E-state index contributed by atoms with van der Waals surface area (Å²) >= 11 is 0. The predicted molar refractivity (Wildman–Crippen MR) is 46.5 cm³/mol. The van der Waals surface area contributed by atoms with Crippen molar-refractivity contribution in [1.82, 2.24) is 5.16 Å². The van der Waals surface area contributed by atoms with Gasteiger partial charge in [-0.2, -0.15) is 0 Å². The van der Waals surface area contributed by atoms with Gasteiger partial charge in [0, 0.05) is 6.07 Å². The summed E-state index contributed by atoms with van der Waals surface area (Å²) < 4.78 is 4.79. The molecule has 0 bridgehead atoms. The van der Waals surface area contributed by atoms with E-state index in [1.54, 1.807) is 0 Å². The summed E-state index contributed by atoms with van der Waals surface area (Å²) in [6, 6.07) is 1.82. The summed E-state index contributed by atoms with van der Waals surface area (Å²) in [5, 5.41) is 3.87. The van der Waals surface area contributed by atoms with Crippen molar-refractivity contribution in [2.24, 2.45) is 11.8 Å². The molecule has 0 radical (unpaired) electrons. The van der Waals surface area contributed by atoms with E-state index >= 15 is 0 Å². The number of anilines is 1. The van der Waals surface area contributed by atoms with Gasteiger partial charge in [-0.25, -0.2) is 0 Å². The first-order chi connectivity index (χ1) is 5.75. The molecule has 1 atom stereocenters. The van der Waals surface area contributed by atoms with Crippen molar-refractivity contribution in [3.63, 3.8) is 0 Å². The van der Waals surface area contributed by atoms with Crippen molar-refractivity contribution in [2.75, 3.05) is 5.73 Å². The lowest BCUT2D eigenvalue weighted by Gasteiger charge is -2.05. The van der Waals surface area contributed by atoms with E-state index in [1.807, 2.05) is 6.07 Å². The fourth-order valence-corrected chi connectivity index (χ4v) is 1.59. The summed E-state index contributed by atoms with van der Waals surface area (Å²) in [7, 11) is 0. The van der Waals surface area contributed by atoms with E-state index in [1.165, 1.54) is 12.8 Å². The number of hydrogen-bond acceptors (Lipinski definition) is 3. The lowest BCUT2D eigenvalue weighted by Crippen LogP contribution is -2.01. The molecule has 3 heteroatoms. The molecule has 66 valence electrons. The molecule has 2 rings (SSSR count). The van der Waals surface area contributed by atoms with Crippen LogP contribution in [0.5, 0.6) is 0 Å². The van der Waals surface area contributed by atoms with Gasteiger partial charge in [-0.1, -0.05) is 12.1 Å². The highest BCUT2D eigenvalue weighted by Crippen LogP contribution is 2.37. The maximum Gasteiger partial charge on any atom is 0.222 e. The summed E-state index contributed by atoms with van der Waals surface area (Å²) in [6.07, 6.45) is 3.77. The number of nitrogen functional groups attached to an aromatic ring is 1. The molecule has 0 saturated heterocycles. The van der Waals surface area contributed by atoms with Crippen LogP contribution in [-0.4, -0.2) is 5.16 Å². The Morgan fingerprint density at radius 1 is 1.75 bits per heavy atom. The molecule has 1 fully saturated rings. The molecular weight excluding hydrogens is 152 g/mol. The Morgan fingerprint density at radius 3 is 3.00 bits per heavy atom. The Morgan fingerprint density at radius 2 is 2.50 bits per heavy atom. The highest BCUT2D eigenvalue weighted by molar-refractivity contribution is 5.24. The molecule has 0 aromatic carbocycles. The molecule has 1 heterocycles. The van der Waals surface area contributed by atoms with Gasteiger partial charge >= 0.3 is 0 Å². The van der Waals surface area contributed by atoms with Gasteiger partial charge in [-0.3, -0.25) is 0 Å². The highest BCUT2D eigenvalue weighted by atomic mass is 16.5. The van der Waals surface area contributed by atoms with Gasteiger partial charge in [0.15, 0.2) is 0 Å². The summed E-state index contributed by atoms with van der Waals surface area (Å²) in [4.78, 5) is 0. The van der Waals surface area contributed by atoms with Gasteiger partial charge in [0.05, 0.1) is 5.69 Å². The van der Waals surface area contributed by atoms with E-state index in [4.69, 9.17) is 10.3 Å². The third kappa shape index (κ3) is 1.60. The molecule has 1 aliphatic carbocycles. The van der Waals surface area contributed by atoms with Crippen molar-refractivity contribution < 1.29 is 4.52 Å². The van der Waals surface area contributed by atoms with Crippen LogP contribution in [0.15, 0.2) is 10.6 Å². The van der Waals surface area contributed by atoms with Crippen molar-refractivity contribution in [2.45, 2.75) is 26.2 Å². The number of rotatable bonds is 3. The van der Waals surface area contributed by atoms with Crippen LogP contribution in [0.1, 0.15) is 25.5 Å². The van der Waals surface area contributed by atoms with Crippen LogP contribution in [0.4, 0.5) is 5.88 Å². The molecular formula is C9H14N2O. The lowest BCUT2D eigenvalue weighted by atomic mass is 10.0. The average molecular weight is 166 g/mol. The molecule has 1 aromatic heterocycles. The zero-order chi connectivity index (χ0) is 8.55. The predicted octanol–water partition coefficient (Wildman–Crippen LogP) is 1.85. The van der Waals surface area contributed by atoms with Gasteiger partial charge in [0.2, 0.25) is 5.88 Å². The van der Waals surface area contributed by atoms with E-state index in [9.17, 15) is 0 Å². The summed E-state index contributed by atoms with van der Waals surface area (Å²) in [6.45, 7) is 2.27. The van der Waals surface area contributed by atoms with E-state index in [2.05, 4.69) is 12.1 Å². The first-order valence-corrected chi connectivity index (χ1v) is 4.47. The first kappa shape index (κ1) is 7.65. The molecule has 12 heavy (non-hydrogen) atoms. The molecule has 0 aliphatic heterocycles. The molecule has 1 aliphatic rings.